The molecule has 0 heterocycles. The lowest BCUT2D eigenvalue weighted by Gasteiger charge is -2.06. The summed E-state index contributed by atoms with van der Waals surface area (Å²) in [5.41, 5.74) is 8.05. The first-order valence-electron chi connectivity index (χ1n) is 7.87. The molecule has 126 valence electrons. The molecule has 0 spiro atoms. The number of nitrogens with two attached hydrogens (primary N) is 1. The summed E-state index contributed by atoms with van der Waals surface area (Å²) in [6, 6.07) is 14.4. The standard InChI is InChI=1S/C19H22N2O3/c1-24-17-8-4-15(5-9-17)18(22)10-11-19(23)21-13-12-14-2-6-16(20)7-3-14/h2-9H,10-13,20H2,1H3,(H,21,23). The Morgan fingerprint density at radius 3 is 2.29 bits per heavy atom. The van der Waals surface area contributed by atoms with Gasteiger partial charge in [-0.1, -0.05) is 12.1 Å². The highest BCUT2D eigenvalue weighted by atomic mass is 16.5. The van der Waals surface area contributed by atoms with Crippen LogP contribution in [0.5, 0.6) is 5.75 Å². The number of hydrogen-bond donors (Lipinski definition) is 2. The third-order valence-corrected chi connectivity index (χ3v) is 3.71. The van der Waals surface area contributed by atoms with E-state index in [1.165, 1.54) is 0 Å². The second kappa shape index (κ2) is 8.72. The molecule has 0 radical (unpaired) electrons. The number of nitrogen functional groups attached to an aromatic ring is 1. The van der Waals surface area contributed by atoms with Gasteiger partial charge in [0, 0.05) is 30.6 Å². The van der Waals surface area contributed by atoms with Gasteiger partial charge in [-0.25, -0.2) is 0 Å². The first-order valence-corrected chi connectivity index (χ1v) is 7.87. The Balaban J connectivity index is 1.70. The fraction of sp³-hybridized carbons (Fsp3) is 0.263. The Kier molecular flexibility index (Phi) is 6.37. The van der Waals surface area contributed by atoms with Crippen molar-refractivity contribution in [2.75, 3.05) is 19.4 Å². The van der Waals surface area contributed by atoms with Crippen LogP contribution in [0.25, 0.3) is 0 Å². The van der Waals surface area contributed by atoms with Crippen LogP contribution in [0.2, 0.25) is 0 Å². The molecule has 0 bridgehead atoms. The van der Waals surface area contributed by atoms with Gasteiger partial charge in [0.15, 0.2) is 5.78 Å². The zero-order chi connectivity index (χ0) is 17.4. The van der Waals surface area contributed by atoms with Gasteiger partial charge < -0.3 is 15.8 Å². The molecule has 1 amide bonds. The molecule has 3 N–H and O–H groups in total. The van der Waals surface area contributed by atoms with Crippen molar-refractivity contribution in [3.05, 3.63) is 59.7 Å². The number of methoxy groups -OCH3 is 1. The maximum absolute atomic E-state index is 12.0. The van der Waals surface area contributed by atoms with Crippen LogP contribution in [0.1, 0.15) is 28.8 Å². The van der Waals surface area contributed by atoms with E-state index in [2.05, 4.69) is 5.32 Å². The van der Waals surface area contributed by atoms with E-state index in [0.29, 0.717) is 17.9 Å². The number of benzene rings is 2. The van der Waals surface area contributed by atoms with Crippen molar-refractivity contribution in [1.29, 1.82) is 0 Å². The predicted molar refractivity (Wildman–Crippen MR) is 94.1 cm³/mol. The highest BCUT2D eigenvalue weighted by Crippen LogP contribution is 2.13. The minimum Gasteiger partial charge on any atom is -0.497 e. The topological polar surface area (TPSA) is 81.4 Å². The summed E-state index contributed by atoms with van der Waals surface area (Å²) in [7, 11) is 1.57. The maximum atomic E-state index is 12.0. The molecule has 2 rings (SSSR count). The molecule has 5 nitrogen and oxygen atoms in total. The minimum atomic E-state index is -0.118. The first-order chi connectivity index (χ1) is 11.6. The number of carbonyl (C=O) groups is 2. The van der Waals surface area contributed by atoms with Crippen LogP contribution in [0.15, 0.2) is 48.5 Å². The van der Waals surface area contributed by atoms with E-state index in [0.717, 1.165) is 17.7 Å². The number of amides is 1. The minimum absolute atomic E-state index is 0.0497. The monoisotopic (exact) mass is 326 g/mol. The van der Waals surface area contributed by atoms with E-state index < -0.39 is 0 Å². The quantitative estimate of drug-likeness (QED) is 0.577. The molecule has 2 aromatic rings. The average Bonchev–Trinajstić information content (AvgIpc) is 2.61. The fourth-order valence-corrected chi connectivity index (χ4v) is 2.27. The van der Waals surface area contributed by atoms with Crippen LogP contribution < -0.4 is 15.8 Å². The van der Waals surface area contributed by atoms with Crippen molar-refractivity contribution in [3.63, 3.8) is 0 Å². The lowest BCUT2D eigenvalue weighted by atomic mass is 10.1. The summed E-state index contributed by atoms with van der Waals surface area (Å²) >= 11 is 0. The van der Waals surface area contributed by atoms with Gasteiger partial charge in [-0.05, 0) is 48.4 Å². The molecule has 0 aliphatic heterocycles. The number of ketones is 1. The molecule has 2 aromatic carbocycles. The molecule has 24 heavy (non-hydrogen) atoms. The van der Waals surface area contributed by atoms with E-state index in [-0.39, 0.29) is 24.5 Å². The van der Waals surface area contributed by atoms with Crippen LogP contribution in [0.3, 0.4) is 0 Å². The second-order valence-corrected chi connectivity index (χ2v) is 5.49. The molecule has 0 aromatic heterocycles. The predicted octanol–water partition coefficient (Wildman–Crippen LogP) is 2.60. The zero-order valence-electron chi connectivity index (χ0n) is 13.7. The summed E-state index contributed by atoms with van der Waals surface area (Å²) < 4.78 is 5.05. The normalized spacial score (nSPS) is 10.2. The van der Waals surface area contributed by atoms with Crippen LogP contribution in [-0.4, -0.2) is 25.3 Å². The molecular formula is C19H22N2O3. The molecule has 5 heteroatoms. The van der Waals surface area contributed by atoms with Gasteiger partial charge in [0.2, 0.25) is 5.91 Å². The Labute approximate surface area is 141 Å². The third-order valence-electron chi connectivity index (χ3n) is 3.71. The highest BCUT2D eigenvalue weighted by Gasteiger charge is 2.09. The molecular weight excluding hydrogens is 304 g/mol. The molecule has 0 fully saturated rings. The van der Waals surface area contributed by atoms with Gasteiger partial charge in [0.05, 0.1) is 7.11 Å². The summed E-state index contributed by atoms with van der Waals surface area (Å²) in [6.07, 6.45) is 1.12. The van der Waals surface area contributed by atoms with Crippen molar-refractivity contribution < 1.29 is 14.3 Å². The van der Waals surface area contributed by atoms with E-state index >= 15 is 0 Å². The first kappa shape index (κ1) is 17.5. The van der Waals surface area contributed by atoms with E-state index in [1.54, 1.807) is 31.4 Å². The highest BCUT2D eigenvalue weighted by molar-refractivity contribution is 5.98. The van der Waals surface area contributed by atoms with Gasteiger partial charge in [-0.3, -0.25) is 9.59 Å². The lowest BCUT2D eigenvalue weighted by Crippen LogP contribution is -2.26. The molecule has 0 aliphatic carbocycles. The number of Topliss-reactive ketones (excluding diaryl/α,β-unsaturated/α-hetero) is 1. The maximum Gasteiger partial charge on any atom is 0.220 e. The van der Waals surface area contributed by atoms with E-state index in [9.17, 15) is 9.59 Å². The Morgan fingerprint density at radius 2 is 1.67 bits per heavy atom. The zero-order valence-corrected chi connectivity index (χ0v) is 13.7. The van der Waals surface area contributed by atoms with Gasteiger partial charge in [0.1, 0.15) is 5.75 Å². The number of nitrogens with one attached hydrogen (secondary N) is 1. The van der Waals surface area contributed by atoms with Crippen molar-refractivity contribution in [3.8, 4) is 5.75 Å². The largest absolute Gasteiger partial charge is 0.497 e. The van der Waals surface area contributed by atoms with Crippen molar-refractivity contribution in [1.82, 2.24) is 5.32 Å². The number of anilines is 1. The smallest absolute Gasteiger partial charge is 0.220 e. The van der Waals surface area contributed by atoms with Crippen LogP contribution in [-0.2, 0) is 11.2 Å². The molecule has 0 unspecified atom stereocenters. The summed E-state index contributed by atoms with van der Waals surface area (Å²) in [4.78, 5) is 23.9. The summed E-state index contributed by atoms with van der Waals surface area (Å²) in [6.45, 7) is 0.541. The Morgan fingerprint density at radius 1 is 1.00 bits per heavy atom. The number of carbonyl (C=O) groups excluding carboxylic acids is 2. The molecule has 0 atom stereocenters. The number of ether oxygens (including phenoxy) is 1. The van der Waals surface area contributed by atoms with Crippen molar-refractivity contribution >= 4 is 17.4 Å². The number of rotatable bonds is 8. The van der Waals surface area contributed by atoms with Crippen LogP contribution in [0.4, 0.5) is 5.69 Å². The fourth-order valence-electron chi connectivity index (χ4n) is 2.27. The average molecular weight is 326 g/mol. The molecule has 0 saturated carbocycles. The Hall–Kier alpha value is -2.82. The Bertz CT molecular complexity index is 679. The molecule has 0 saturated heterocycles. The lowest BCUT2D eigenvalue weighted by molar-refractivity contribution is -0.121. The van der Waals surface area contributed by atoms with Gasteiger partial charge in [-0.2, -0.15) is 0 Å². The second-order valence-electron chi connectivity index (χ2n) is 5.49. The van der Waals surface area contributed by atoms with E-state index in [4.69, 9.17) is 10.5 Å². The van der Waals surface area contributed by atoms with Gasteiger partial charge >= 0.3 is 0 Å². The summed E-state index contributed by atoms with van der Waals surface area (Å²) in [5, 5.41) is 2.83. The van der Waals surface area contributed by atoms with Crippen LogP contribution in [0, 0.1) is 0 Å². The number of hydrogen-bond acceptors (Lipinski definition) is 4. The third kappa shape index (κ3) is 5.43. The van der Waals surface area contributed by atoms with Crippen LogP contribution >= 0.6 is 0 Å². The summed E-state index contributed by atoms with van der Waals surface area (Å²) in [5.74, 6) is 0.533. The molecule has 0 aliphatic rings. The van der Waals surface area contributed by atoms with Crippen molar-refractivity contribution in [2.24, 2.45) is 0 Å². The van der Waals surface area contributed by atoms with Crippen molar-refractivity contribution in [2.45, 2.75) is 19.3 Å². The van der Waals surface area contributed by atoms with Gasteiger partial charge in [-0.15, -0.1) is 0 Å². The van der Waals surface area contributed by atoms with Gasteiger partial charge in [0.25, 0.3) is 0 Å². The van der Waals surface area contributed by atoms with E-state index in [1.807, 2.05) is 24.3 Å². The SMILES string of the molecule is COc1ccc(C(=O)CCC(=O)NCCc2ccc(N)cc2)cc1.